The molecule has 5 nitrogen and oxygen atoms in total. The molecule has 0 aromatic carbocycles. The van der Waals surface area contributed by atoms with E-state index < -0.39 is 0 Å². The summed E-state index contributed by atoms with van der Waals surface area (Å²) in [5, 5.41) is 4.95. The minimum absolute atomic E-state index is 0.476. The first kappa shape index (κ1) is 9.29. The van der Waals surface area contributed by atoms with Crippen molar-refractivity contribution in [1.29, 1.82) is 0 Å². The molecule has 2 rings (SSSR count). The number of aromatic nitrogens is 4. The van der Waals surface area contributed by atoms with E-state index in [1.165, 1.54) is 6.33 Å². The maximum absolute atomic E-state index is 5.53. The first-order valence-corrected chi connectivity index (χ1v) is 5.04. The van der Waals surface area contributed by atoms with Gasteiger partial charge in [0.25, 0.3) is 0 Å². The Hall–Kier alpha value is -1.27. The molecule has 0 fully saturated rings. The van der Waals surface area contributed by atoms with Gasteiger partial charge in [0.05, 0.1) is 10.6 Å². The van der Waals surface area contributed by atoms with Gasteiger partial charge >= 0.3 is 0 Å². The summed E-state index contributed by atoms with van der Waals surface area (Å²) in [6.45, 7) is 2.43. The molecule has 2 N–H and O–H groups in total. The molecule has 0 saturated carbocycles. The van der Waals surface area contributed by atoms with Crippen molar-refractivity contribution in [3.05, 3.63) is 17.0 Å². The zero-order valence-corrected chi connectivity index (χ0v) is 8.88. The van der Waals surface area contributed by atoms with Crippen molar-refractivity contribution in [3.63, 3.8) is 0 Å². The van der Waals surface area contributed by atoms with Crippen molar-refractivity contribution < 1.29 is 0 Å². The summed E-state index contributed by atoms with van der Waals surface area (Å²) in [5.74, 6) is 0.847. The molecule has 2 heterocycles. The molecule has 0 unspecified atom stereocenters. The average Bonchev–Trinajstić information content (AvgIpc) is 2.72. The van der Waals surface area contributed by atoms with Crippen LogP contribution in [0.4, 0.5) is 0 Å². The Morgan fingerprint density at radius 1 is 1.57 bits per heavy atom. The Kier molecular flexibility index (Phi) is 2.30. The van der Waals surface area contributed by atoms with Crippen LogP contribution >= 0.6 is 11.3 Å². The summed E-state index contributed by atoms with van der Waals surface area (Å²) in [5.41, 5.74) is 6.49. The van der Waals surface area contributed by atoms with E-state index >= 15 is 0 Å². The van der Waals surface area contributed by atoms with Crippen molar-refractivity contribution in [2.75, 3.05) is 0 Å². The molecule has 2 aromatic rings. The van der Waals surface area contributed by atoms with Crippen molar-refractivity contribution >= 4 is 11.3 Å². The van der Waals surface area contributed by atoms with Crippen molar-refractivity contribution in [2.24, 2.45) is 12.8 Å². The SMILES string of the molecule is Cc1nc(CN)sc1-c1ncnn1C. The normalized spacial score (nSPS) is 10.8. The van der Waals surface area contributed by atoms with E-state index in [2.05, 4.69) is 15.1 Å². The maximum atomic E-state index is 5.53. The Labute approximate surface area is 85.6 Å². The number of hydrogen-bond donors (Lipinski definition) is 1. The molecule has 0 aliphatic carbocycles. The molecular formula is C8H11N5S. The fourth-order valence-corrected chi connectivity index (χ4v) is 2.22. The molecule has 14 heavy (non-hydrogen) atoms. The third kappa shape index (κ3) is 1.42. The molecule has 0 saturated heterocycles. The van der Waals surface area contributed by atoms with Gasteiger partial charge in [-0.05, 0) is 6.92 Å². The quantitative estimate of drug-likeness (QED) is 0.790. The molecule has 0 amide bonds. The van der Waals surface area contributed by atoms with Gasteiger partial charge in [-0.3, -0.25) is 0 Å². The van der Waals surface area contributed by atoms with Crippen LogP contribution in [0, 0.1) is 6.92 Å². The average molecular weight is 209 g/mol. The van der Waals surface area contributed by atoms with Crippen molar-refractivity contribution in [2.45, 2.75) is 13.5 Å². The van der Waals surface area contributed by atoms with Crippen LogP contribution < -0.4 is 5.73 Å². The topological polar surface area (TPSA) is 69.6 Å². The first-order valence-electron chi connectivity index (χ1n) is 4.23. The number of nitrogens with two attached hydrogens (primary N) is 1. The van der Waals surface area contributed by atoms with Crippen LogP contribution in [0.5, 0.6) is 0 Å². The summed E-state index contributed by atoms with van der Waals surface area (Å²) >= 11 is 1.57. The van der Waals surface area contributed by atoms with Crippen LogP contribution in [0.3, 0.4) is 0 Å². The summed E-state index contributed by atoms with van der Waals surface area (Å²) in [6.07, 6.45) is 1.54. The number of nitrogens with zero attached hydrogens (tertiary/aromatic N) is 4. The van der Waals surface area contributed by atoms with Gasteiger partial charge in [0, 0.05) is 13.6 Å². The highest BCUT2D eigenvalue weighted by Crippen LogP contribution is 2.27. The maximum Gasteiger partial charge on any atom is 0.169 e. The third-order valence-corrected chi connectivity index (χ3v) is 3.11. The van der Waals surface area contributed by atoms with E-state index in [0.29, 0.717) is 6.54 Å². The molecule has 74 valence electrons. The smallest absolute Gasteiger partial charge is 0.169 e. The van der Waals surface area contributed by atoms with Gasteiger partial charge in [-0.15, -0.1) is 11.3 Å². The monoisotopic (exact) mass is 209 g/mol. The molecule has 0 aliphatic rings. The van der Waals surface area contributed by atoms with Crippen molar-refractivity contribution in [1.82, 2.24) is 19.7 Å². The van der Waals surface area contributed by atoms with Gasteiger partial charge in [0.15, 0.2) is 5.82 Å². The third-order valence-electron chi connectivity index (χ3n) is 1.93. The van der Waals surface area contributed by atoms with Gasteiger partial charge in [-0.25, -0.2) is 14.6 Å². The second-order valence-electron chi connectivity index (χ2n) is 2.93. The zero-order valence-electron chi connectivity index (χ0n) is 8.06. The van der Waals surface area contributed by atoms with E-state index in [0.717, 1.165) is 21.4 Å². The Morgan fingerprint density at radius 2 is 2.36 bits per heavy atom. The van der Waals surface area contributed by atoms with Gasteiger partial charge in [-0.1, -0.05) is 0 Å². The molecule has 0 bridgehead atoms. The number of hydrogen-bond acceptors (Lipinski definition) is 5. The van der Waals surface area contributed by atoms with Gasteiger partial charge in [-0.2, -0.15) is 5.10 Å². The van der Waals surface area contributed by atoms with E-state index in [1.807, 2.05) is 14.0 Å². The lowest BCUT2D eigenvalue weighted by atomic mass is 10.4. The molecule has 0 radical (unpaired) electrons. The predicted molar refractivity (Wildman–Crippen MR) is 54.7 cm³/mol. The summed E-state index contributed by atoms with van der Waals surface area (Å²) in [7, 11) is 1.86. The van der Waals surface area contributed by atoms with E-state index in [4.69, 9.17) is 5.73 Å². The molecule has 0 atom stereocenters. The predicted octanol–water partition coefficient (Wildman–Crippen LogP) is 0.706. The lowest BCUT2D eigenvalue weighted by Crippen LogP contribution is -1.94. The highest BCUT2D eigenvalue weighted by molar-refractivity contribution is 7.15. The number of aryl methyl sites for hydroxylation is 2. The Balaban J connectivity index is 2.51. The minimum atomic E-state index is 0.476. The molecule has 6 heteroatoms. The lowest BCUT2D eigenvalue weighted by Gasteiger charge is -1.95. The fraction of sp³-hybridized carbons (Fsp3) is 0.375. The van der Waals surface area contributed by atoms with Crippen LogP contribution in [0.2, 0.25) is 0 Å². The molecule has 0 spiro atoms. The number of rotatable bonds is 2. The Morgan fingerprint density at radius 3 is 2.86 bits per heavy atom. The van der Waals surface area contributed by atoms with Crippen LogP contribution in [0.15, 0.2) is 6.33 Å². The Bertz CT molecular complexity index is 444. The van der Waals surface area contributed by atoms with Crippen LogP contribution in [0.25, 0.3) is 10.7 Å². The van der Waals surface area contributed by atoms with E-state index in [-0.39, 0.29) is 0 Å². The van der Waals surface area contributed by atoms with Gasteiger partial charge in [0.1, 0.15) is 11.3 Å². The summed E-state index contributed by atoms with van der Waals surface area (Å²) in [4.78, 5) is 9.56. The van der Waals surface area contributed by atoms with Crippen LogP contribution in [-0.4, -0.2) is 19.7 Å². The fourth-order valence-electron chi connectivity index (χ4n) is 1.25. The highest BCUT2D eigenvalue weighted by atomic mass is 32.1. The van der Waals surface area contributed by atoms with Crippen LogP contribution in [0.1, 0.15) is 10.7 Å². The highest BCUT2D eigenvalue weighted by Gasteiger charge is 2.12. The lowest BCUT2D eigenvalue weighted by molar-refractivity contribution is 0.775. The van der Waals surface area contributed by atoms with Gasteiger partial charge < -0.3 is 5.73 Å². The largest absolute Gasteiger partial charge is 0.325 e. The summed E-state index contributed by atoms with van der Waals surface area (Å²) in [6, 6.07) is 0. The molecule has 2 aromatic heterocycles. The van der Waals surface area contributed by atoms with E-state index in [9.17, 15) is 0 Å². The number of thiazole rings is 1. The second-order valence-corrected chi connectivity index (χ2v) is 4.02. The zero-order chi connectivity index (χ0) is 10.1. The van der Waals surface area contributed by atoms with E-state index in [1.54, 1.807) is 16.0 Å². The molecular weight excluding hydrogens is 198 g/mol. The van der Waals surface area contributed by atoms with Crippen LogP contribution in [-0.2, 0) is 13.6 Å². The van der Waals surface area contributed by atoms with Crippen molar-refractivity contribution in [3.8, 4) is 10.7 Å². The minimum Gasteiger partial charge on any atom is -0.325 e. The first-order chi connectivity index (χ1) is 6.72. The summed E-state index contributed by atoms with van der Waals surface area (Å²) < 4.78 is 1.74. The molecule has 0 aliphatic heterocycles. The van der Waals surface area contributed by atoms with Gasteiger partial charge in [0.2, 0.25) is 0 Å². The standard InChI is InChI=1S/C8H11N5S/c1-5-7(14-6(3-9)12-5)8-10-4-11-13(8)2/h4H,3,9H2,1-2H3. The second kappa shape index (κ2) is 3.47.